The van der Waals surface area contributed by atoms with Crippen LogP contribution in [-0.2, 0) is 4.79 Å². The molecule has 19 heavy (non-hydrogen) atoms. The monoisotopic (exact) mass is 266 g/mol. The van der Waals surface area contributed by atoms with Gasteiger partial charge in [0.25, 0.3) is 0 Å². The van der Waals surface area contributed by atoms with E-state index in [1.165, 1.54) is 0 Å². The molecule has 1 rings (SSSR count). The molecule has 0 aliphatic carbocycles. The molecule has 0 saturated heterocycles. The number of aliphatic carboxylic acids is 1. The molecule has 3 N–H and O–H groups in total. The van der Waals surface area contributed by atoms with Gasteiger partial charge in [-0.3, -0.25) is 0 Å². The van der Waals surface area contributed by atoms with Crippen LogP contribution in [0.2, 0.25) is 0 Å². The molecular weight excluding hydrogens is 244 g/mol. The molecule has 0 aliphatic rings. The van der Waals surface area contributed by atoms with Crippen molar-refractivity contribution < 1.29 is 20.1 Å². The predicted octanol–water partition coefficient (Wildman–Crippen LogP) is 2.41. The van der Waals surface area contributed by atoms with Crippen molar-refractivity contribution in [1.29, 1.82) is 0 Å². The summed E-state index contributed by atoms with van der Waals surface area (Å²) in [5.74, 6) is -1.13. The van der Waals surface area contributed by atoms with Crippen LogP contribution in [0.5, 0.6) is 0 Å². The predicted molar refractivity (Wildman–Crippen MR) is 73.2 cm³/mol. The van der Waals surface area contributed by atoms with Crippen molar-refractivity contribution in [3.8, 4) is 0 Å². The number of aliphatic hydroxyl groups is 2. The van der Waals surface area contributed by atoms with Crippen LogP contribution in [0.1, 0.15) is 62.3 Å². The molecule has 2 atom stereocenters. The Labute approximate surface area is 113 Å². The molecule has 0 spiro atoms. The molecule has 4 heteroatoms. The van der Waals surface area contributed by atoms with Crippen LogP contribution in [0.3, 0.4) is 0 Å². The first-order valence-electron chi connectivity index (χ1n) is 6.49. The van der Waals surface area contributed by atoms with Crippen molar-refractivity contribution >= 4 is 5.97 Å². The Morgan fingerprint density at radius 1 is 1.00 bits per heavy atom. The Kier molecular flexibility index (Phi) is 5.09. The van der Waals surface area contributed by atoms with E-state index in [4.69, 9.17) is 5.11 Å². The van der Waals surface area contributed by atoms with Crippen molar-refractivity contribution in [2.24, 2.45) is 0 Å². The second kappa shape index (κ2) is 6.17. The van der Waals surface area contributed by atoms with Crippen molar-refractivity contribution in [2.45, 2.75) is 51.7 Å². The lowest BCUT2D eigenvalue weighted by Crippen LogP contribution is -2.29. The highest BCUT2D eigenvalue weighted by Gasteiger charge is 2.30. The standard InChI is InChI=1S/C15H22O4/c1-8(2)10-6-5-7-11(9(3)4)12(10)13(16)14(17)15(18)19/h5-9,13-14,16-17H,1-4H3,(H,18,19). The summed E-state index contributed by atoms with van der Waals surface area (Å²) in [6.07, 6.45) is -3.22. The quantitative estimate of drug-likeness (QED) is 0.764. The molecule has 0 bridgehead atoms. The van der Waals surface area contributed by atoms with E-state index in [2.05, 4.69) is 0 Å². The van der Waals surface area contributed by atoms with E-state index in [0.717, 1.165) is 11.1 Å². The van der Waals surface area contributed by atoms with E-state index in [1.54, 1.807) is 0 Å². The lowest BCUT2D eigenvalue weighted by molar-refractivity contribution is -0.153. The number of rotatable bonds is 5. The number of carbonyl (C=O) groups is 1. The zero-order valence-electron chi connectivity index (χ0n) is 11.8. The Hall–Kier alpha value is -1.39. The molecule has 4 nitrogen and oxygen atoms in total. The minimum Gasteiger partial charge on any atom is -0.479 e. The van der Waals surface area contributed by atoms with E-state index >= 15 is 0 Å². The van der Waals surface area contributed by atoms with Crippen LogP contribution in [0.25, 0.3) is 0 Å². The van der Waals surface area contributed by atoms with Crippen LogP contribution in [0.15, 0.2) is 18.2 Å². The number of hydrogen-bond acceptors (Lipinski definition) is 3. The number of carboxylic acids is 1. The molecule has 0 fully saturated rings. The fraction of sp³-hybridized carbons (Fsp3) is 0.533. The Balaban J connectivity index is 3.40. The second-order valence-corrected chi connectivity index (χ2v) is 5.39. The average molecular weight is 266 g/mol. The molecule has 1 aromatic rings. The van der Waals surface area contributed by atoms with E-state index < -0.39 is 18.2 Å². The van der Waals surface area contributed by atoms with Gasteiger partial charge in [0.2, 0.25) is 0 Å². The average Bonchev–Trinajstić information content (AvgIpc) is 2.35. The number of benzene rings is 1. The fourth-order valence-corrected chi connectivity index (χ4v) is 2.24. The lowest BCUT2D eigenvalue weighted by atomic mass is 9.84. The van der Waals surface area contributed by atoms with Crippen LogP contribution < -0.4 is 0 Å². The summed E-state index contributed by atoms with van der Waals surface area (Å²) in [4.78, 5) is 10.9. The maximum absolute atomic E-state index is 10.9. The zero-order valence-corrected chi connectivity index (χ0v) is 11.8. The Morgan fingerprint density at radius 3 is 1.74 bits per heavy atom. The summed E-state index contributed by atoms with van der Waals surface area (Å²) >= 11 is 0. The van der Waals surface area contributed by atoms with Crippen LogP contribution in [0.4, 0.5) is 0 Å². The van der Waals surface area contributed by atoms with Gasteiger partial charge in [0.15, 0.2) is 6.10 Å². The summed E-state index contributed by atoms with van der Waals surface area (Å²) in [6.45, 7) is 7.90. The highest BCUT2D eigenvalue weighted by Crippen LogP contribution is 2.33. The third kappa shape index (κ3) is 3.33. The van der Waals surface area contributed by atoms with Gasteiger partial charge in [-0.2, -0.15) is 0 Å². The van der Waals surface area contributed by atoms with Gasteiger partial charge in [-0.05, 0) is 28.5 Å². The fourth-order valence-electron chi connectivity index (χ4n) is 2.24. The minimum absolute atomic E-state index is 0.143. The molecule has 0 heterocycles. The third-order valence-electron chi connectivity index (χ3n) is 3.27. The molecule has 0 aromatic heterocycles. The third-order valence-corrected chi connectivity index (χ3v) is 3.27. The summed E-state index contributed by atoms with van der Waals surface area (Å²) in [6, 6.07) is 5.63. The normalized spacial score (nSPS) is 14.7. The first kappa shape index (κ1) is 15.7. The molecule has 1 aromatic carbocycles. The first-order chi connectivity index (χ1) is 8.77. The lowest BCUT2D eigenvalue weighted by Gasteiger charge is -2.25. The van der Waals surface area contributed by atoms with Gasteiger partial charge in [0.1, 0.15) is 6.10 Å². The van der Waals surface area contributed by atoms with E-state index in [-0.39, 0.29) is 11.8 Å². The van der Waals surface area contributed by atoms with E-state index in [9.17, 15) is 15.0 Å². The highest BCUT2D eigenvalue weighted by molar-refractivity contribution is 5.73. The van der Waals surface area contributed by atoms with Gasteiger partial charge < -0.3 is 15.3 Å². The SMILES string of the molecule is CC(C)c1cccc(C(C)C)c1C(O)C(O)C(=O)O. The first-order valence-corrected chi connectivity index (χ1v) is 6.49. The smallest absolute Gasteiger partial charge is 0.335 e. The van der Waals surface area contributed by atoms with Gasteiger partial charge in [-0.1, -0.05) is 45.9 Å². The number of hydrogen-bond donors (Lipinski definition) is 3. The van der Waals surface area contributed by atoms with Gasteiger partial charge in [-0.15, -0.1) is 0 Å². The van der Waals surface area contributed by atoms with Gasteiger partial charge >= 0.3 is 5.97 Å². The maximum atomic E-state index is 10.9. The van der Waals surface area contributed by atoms with E-state index in [1.807, 2.05) is 45.9 Å². The van der Waals surface area contributed by atoms with Crippen molar-refractivity contribution in [2.75, 3.05) is 0 Å². The van der Waals surface area contributed by atoms with Gasteiger partial charge in [-0.25, -0.2) is 4.79 Å². The van der Waals surface area contributed by atoms with Crippen LogP contribution in [0, 0.1) is 0 Å². The minimum atomic E-state index is -1.81. The summed E-state index contributed by atoms with van der Waals surface area (Å²) in [5, 5.41) is 28.7. The van der Waals surface area contributed by atoms with Crippen LogP contribution in [-0.4, -0.2) is 27.4 Å². The molecule has 0 radical (unpaired) electrons. The van der Waals surface area contributed by atoms with Crippen molar-refractivity contribution in [3.05, 3.63) is 34.9 Å². The van der Waals surface area contributed by atoms with Crippen LogP contribution >= 0.6 is 0 Å². The molecule has 2 unspecified atom stereocenters. The Morgan fingerprint density at radius 2 is 1.42 bits per heavy atom. The number of carboxylic acid groups (broad SMARTS) is 1. The topological polar surface area (TPSA) is 77.8 Å². The van der Waals surface area contributed by atoms with Gasteiger partial charge in [0, 0.05) is 0 Å². The molecule has 0 amide bonds. The summed E-state index contributed by atoms with van der Waals surface area (Å²) in [7, 11) is 0. The second-order valence-electron chi connectivity index (χ2n) is 5.39. The zero-order chi connectivity index (χ0) is 14.7. The maximum Gasteiger partial charge on any atom is 0.335 e. The number of aliphatic hydroxyl groups excluding tert-OH is 2. The largest absolute Gasteiger partial charge is 0.479 e. The molecule has 0 aliphatic heterocycles. The van der Waals surface area contributed by atoms with Gasteiger partial charge in [0.05, 0.1) is 0 Å². The highest BCUT2D eigenvalue weighted by atomic mass is 16.4. The Bertz CT molecular complexity index is 425. The van der Waals surface area contributed by atoms with Crippen molar-refractivity contribution in [3.63, 3.8) is 0 Å². The van der Waals surface area contributed by atoms with E-state index in [0.29, 0.717) is 5.56 Å². The molecule has 0 saturated carbocycles. The summed E-state index contributed by atoms with van der Waals surface area (Å²) in [5.41, 5.74) is 2.29. The molecular formula is C15H22O4. The summed E-state index contributed by atoms with van der Waals surface area (Å²) < 4.78 is 0. The van der Waals surface area contributed by atoms with Crippen molar-refractivity contribution in [1.82, 2.24) is 0 Å². The molecule has 106 valence electrons.